The van der Waals surface area contributed by atoms with Crippen LogP contribution in [0.4, 0.5) is 5.82 Å². The minimum atomic E-state index is 0.298. The average Bonchev–Trinajstić information content (AvgIpc) is 2.72. The summed E-state index contributed by atoms with van der Waals surface area (Å²) in [6.07, 6.45) is 1.19. The topological polar surface area (TPSA) is 37.8 Å². The van der Waals surface area contributed by atoms with Gasteiger partial charge in [0, 0.05) is 18.0 Å². The maximum atomic E-state index is 5.98. The lowest BCUT2D eigenvalue weighted by Crippen LogP contribution is -2.11. The number of nitrogens with one attached hydrogen (secondary N) is 1. The van der Waals surface area contributed by atoms with Gasteiger partial charge in [0.25, 0.3) is 0 Å². The molecule has 0 spiro atoms. The van der Waals surface area contributed by atoms with E-state index in [-0.39, 0.29) is 0 Å². The van der Waals surface area contributed by atoms with E-state index in [0.717, 1.165) is 11.6 Å². The fourth-order valence-corrected chi connectivity index (χ4v) is 1.85. The molecule has 1 unspecified atom stereocenters. The first kappa shape index (κ1) is 11.6. The number of anilines is 1. The van der Waals surface area contributed by atoms with Gasteiger partial charge in [0.15, 0.2) is 0 Å². The first-order chi connectivity index (χ1) is 7.38. The molecule has 16 heavy (non-hydrogen) atoms. The summed E-state index contributed by atoms with van der Waals surface area (Å²) in [6.45, 7) is 8.63. The lowest BCUT2D eigenvalue weighted by molar-refractivity contribution is 0.629. The van der Waals surface area contributed by atoms with Crippen LogP contribution in [0.1, 0.15) is 45.9 Å². The largest absolute Gasteiger partial charge is 0.367 e. The second-order valence-electron chi connectivity index (χ2n) is 5.48. The van der Waals surface area contributed by atoms with E-state index in [1.165, 1.54) is 6.42 Å². The van der Waals surface area contributed by atoms with Gasteiger partial charge in [-0.05, 0) is 11.8 Å². The van der Waals surface area contributed by atoms with E-state index in [2.05, 4.69) is 43.0 Å². The number of aromatic nitrogens is 2. The van der Waals surface area contributed by atoms with Crippen molar-refractivity contribution in [3.8, 4) is 0 Å². The minimum absolute atomic E-state index is 0.298. The molecule has 0 aliphatic heterocycles. The predicted molar refractivity (Wildman–Crippen MR) is 66.9 cm³/mol. The van der Waals surface area contributed by atoms with E-state index < -0.39 is 0 Å². The summed E-state index contributed by atoms with van der Waals surface area (Å²) in [5, 5.41) is 3.92. The number of hydrogen-bond acceptors (Lipinski definition) is 3. The Morgan fingerprint density at radius 1 is 1.44 bits per heavy atom. The molecule has 2 rings (SSSR count). The second-order valence-corrected chi connectivity index (χ2v) is 5.87. The lowest BCUT2D eigenvalue weighted by atomic mass is 10.2. The van der Waals surface area contributed by atoms with Gasteiger partial charge in [0.1, 0.15) is 16.8 Å². The van der Waals surface area contributed by atoms with Gasteiger partial charge in [-0.3, -0.25) is 0 Å². The SMILES string of the molecule is CC(C)c1nc(Cl)cc(NC2CC2(C)C)n1. The molecule has 3 nitrogen and oxygen atoms in total. The summed E-state index contributed by atoms with van der Waals surface area (Å²) in [5.74, 6) is 1.94. The van der Waals surface area contributed by atoms with E-state index in [1.807, 2.05) is 0 Å². The zero-order chi connectivity index (χ0) is 11.9. The first-order valence-electron chi connectivity index (χ1n) is 5.69. The lowest BCUT2D eigenvalue weighted by Gasteiger charge is -2.10. The summed E-state index contributed by atoms with van der Waals surface area (Å²) in [4.78, 5) is 8.68. The summed E-state index contributed by atoms with van der Waals surface area (Å²) in [5.41, 5.74) is 0.384. The molecule has 1 saturated carbocycles. The third kappa shape index (κ3) is 2.46. The van der Waals surface area contributed by atoms with Crippen LogP contribution in [-0.2, 0) is 0 Å². The van der Waals surface area contributed by atoms with Crippen LogP contribution in [0.3, 0.4) is 0 Å². The molecule has 0 radical (unpaired) electrons. The van der Waals surface area contributed by atoms with Gasteiger partial charge in [-0.2, -0.15) is 0 Å². The Bertz CT molecular complexity index is 401. The van der Waals surface area contributed by atoms with Crippen LogP contribution in [0, 0.1) is 5.41 Å². The molecule has 1 atom stereocenters. The van der Waals surface area contributed by atoms with Crippen LogP contribution in [0.25, 0.3) is 0 Å². The van der Waals surface area contributed by atoms with Crippen molar-refractivity contribution < 1.29 is 0 Å². The molecule has 0 bridgehead atoms. The molecule has 0 amide bonds. The summed E-state index contributed by atoms with van der Waals surface area (Å²) in [6, 6.07) is 2.31. The highest BCUT2D eigenvalue weighted by atomic mass is 35.5. The van der Waals surface area contributed by atoms with Gasteiger partial charge in [-0.1, -0.05) is 39.3 Å². The van der Waals surface area contributed by atoms with E-state index in [1.54, 1.807) is 6.07 Å². The third-order valence-corrected chi connectivity index (χ3v) is 3.26. The fraction of sp³-hybridized carbons (Fsp3) is 0.667. The van der Waals surface area contributed by atoms with Crippen LogP contribution in [-0.4, -0.2) is 16.0 Å². The van der Waals surface area contributed by atoms with Gasteiger partial charge < -0.3 is 5.32 Å². The van der Waals surface area contributed by atoms with Gasteiger partial charge >= 0.3 is 0 Å². The zero-order valence-corrected chi connectivity index (χ0v) is 11.0. The third-order valence-electron chi connectivity index (χ3n) is 3.06. The monoisotopic (exact) mass is 239 g/mol. The van der Waals surface area contributed by atoms with Crippen molar-refractivity contribution in [2.45, 2.75) is 46.1 Å². The van der Waals surface area contributed by atoms with Gasteiger partial charge in [0.05, 0.1) is 0 Å². The fourth-order valence-electron chi connectivity index (χ4n) is 1.66. The Hall–Kier alpha value is -0.830. The predicted octanol–water partition coefficient (Wildman–Crippen LogP) is 3.46. The van der Waals surface area contributed by atoms with Crippen LogP contribution >= 0.6 is 11.6 Å². The molecule has 1 aromatic rings. The average molecular weight is 240 g/mol. The van der Waals surface area contributed by atoms with Crippen molar-refractivity contribution in [1.82, 2.24) is 9.97 Å². The van der Waals surface area contributed by atoms with Crippen molar-refractivity contribution in [3.05, 3.63) is 17.0 Å². The highest BCUT2D eigenvalue weighted by Crippen LogP contribution is 2.46. The highest BCUT2D eigenvalue weighted by molar-refractivity contribution is 6.29. The number of nitrogens with zero attached hydrogens (tertiary/aromatic N) is 2. The van der Waals surface area contributed by atoms with E-state index >= 15 is 0 Å². The van der Waals surface area contributed by atoms with Crippen LogP contribution < -0.4 is 5.32 Å². The second kappa shape index (κ2) is 3.88. The quantitative estimate of drug-likeness (QED) is 0.821. The van der Waals surface area contributed by atoms with Crippen molar-refractivity contribution in [1.29, 1.82) is 0 Å². The number of halogens is 1. The van der Waals surface area contributed by atoms with Crippen molar-refractivity contribution in [2.24, 2.45) is 5.41 Å². The summed E-state index contributed by atoms with van der Waals surface area (Å²) in [7, 11) is 0. The summed E-state index contributed by atoms with van der Waals surface area (Å²) < 4.78 is 0. The molecule has 1 fully saturated rings. The van der Waals surface area contributed by atoms with Gasteiger partial charge in [0.2, 0.25) is 0 Å². The van der Waals surface area contributed by atoms with E-state index in [9.17, 15) is 0 Å². The van der Waals surface area contributed by atoms with Crippen molar-refractivity contribution >= 4 is 17.4 Å². The number of hydrogen-bond donors (Lipinski definition) is 1. The molecule has 1 aliphatic rings. The zero-order valence-electron chi connectivity index (χ0n) is 10.2. The van der Waals surface area contributed by atoms with E-state index in [4.69, 9.17) is 11.6 Å². The van der Waals surface area contributed by atoms with Crippen LogP contribution in [0.15, 0.2) is 6.07 Å². The molecule has 4 heteroatoms. The first-order valence-corrected chi connectivity index (χ1v) is 6.07. The molecule has 0 aromatic carbocycles. The Kier molecular flexibility index (Phi) is 2.82. The van der Waals surface area contributed by atoms with Crippen LogP contribution in [0.2, 0.25) is 5.15 Å². The Morgan fingerprint density at radius 3 is 2.56 bits per heavy atom. The molecule has 1 heterocycles. The maximum Gasteiger partial charge on any atom is 0.135 e. The van der Waals surface area contributed by atoms with Crippen molar-refractivity contribution in [2.75, 3.05) is 5.32 Å². The van der Waals surface area contributed by atoms with E-state index in [0.29, 0.717) is 22.5 Å². The molecule has 0 saturated heterocycles. The molecular weight excluding hydrogens is 222 g/mol. The smallest absolute Gasteiger partial charge is 0.135 e. The molecule has 1 N–H and O–H groups in total. The molecule has 1 aliphatic carbocycles. The molecule has 88 valence electrons. The summed E-state index contributed by atoms with van der Waals surface area (Å²) >= 11 is 5.98. The highest BCUT2D eigenvalue weighted by Gasteiger charge is 2.45. The minimum Gasteiger partial charge on any atom is -0.367 e. The molecular formula is C12H18ClN3. The maximum absolute atomic E-state index is 5.98. The molecule has 1 aromatic heterocycles. The number of rotatable bonds is 3. The van der Waals surface area contributed by atoms with Gasteiger partial charge in [-0.25, -0.2) is 9.97 Å². The standard InChI is InChI=1S/C12H18ClN3/c1-7(2)11-15-9(13)5-10(16-11)14-8-6-12(8,3)4/h5,7-8H,6H2,1-4H3,(H,14,15,16). The normalized spacial score (nSPS) is 22.2. The van der Waals surface area contributed by atoms with Gasteiger partial charge in [-0.15, -0.1) is 0 Å². The Balaban J connectivity index is 2.15. The van der Waals surface area contributed by atoms with Crippen molar-refractivity contribution in [3.63, 3.8) is 0 Å². The Labute approximate surface area is 102 Å². The Morgan fingerprint density at radius 2 is 2.06 bits per heavy atom. The van der Waals surface area contributed by atoms with Crippen LogP contribution in [0.5, 0.6) is 0 Å².